The molecule has 0 saturated carbocycles. The highest BCUT2D eigenvalue weighted by atomic mass is 16.4. The molecule has 0 aromatic heterocycles. The minimum atomic E-state index is -0.785. The monoisotopic (exact) mass is 208 g/mol. The van der Waals surface area contributed by atoms with E-state index >= 15 is 0 Å². The minimum absolute atomic E-state index is 0.121. The van der Waals surface area contributed by atoms with E-state index in [0.717, 1.165) is 11.1 Å². The minimum Gasteiger partial charge on any atom is -0.481 e. The fourth-order valence-corrected chi connectivity index (χ4v) is 1.60. The molecule has 3 heteroatoms. The van der Waals surface area contributed by atoms with E-state index in [0.29, 0.717) is 12.8 Å². The summed E-state index contributed by atoms with van der Waals surface area (Å²) in [7, 11) is 0. The zero-order valence-corrected chi connectivity index (χ0v) is 8.81. The largest absolute Gasteiger partial charge is 0.481 e. The molecule has 2 N–H and O–H groups in total. The lowest BCUT2D eigenvalue weighted by atomic mass is 9.95. The summed E-state index contributed by atoms with van der Waals surface area (Å²) >= 11 is 0. The molecule has 0 saturated heterocycles. The number of carboxylic acids is 1. The lowest BCUT2D eigenvalue weighted by Gasteiger charge is -2.10. The van der Waals surface area contributed by atoms with Crippen molar-refractivity contribution in [3.63, 3.8) is 0 Å². The van der Waals surface area contributed by atoms with Crippen LogP contribution in [0.5, 0.6) is 0 Å². The Balaban J connectivity index is 2.82. The molecule has 0 fully saturated rings. The lowest BCUT2D eigenvalue weighted by molar-refractivity contribution is -0.138. The average Bonchev–Trinajstić information content (AvgIpc) is 2.21. The maximum Gasteiger partial charge on any atom is 0.310 e. The summed E-state index contributed by atoms with van der Waals surface area (Å²) in [6, 6.07) is 7.40. The molecular formula is C12H16O3. The van der Waals surface area contributed by atoms with Crippen LogP contribution in [-0.2, 0) is 11.2 Å². The van der Waals surface area contributed by atoms with Gasteiger partial charge in [-0.2, -0.15) is 0 Å². The third-order valence-corrected chi connectivity index (χ3v) is 2.49. The summed E-state index contributed by atoms with van der Waals surface area (Å²) < 4.78 is 0. The summed E-state index contributed by atoms with van der Waals surface area (Å²) in [4.78, 5) is 10.9. The Bertz CT molecular complexity index is 316. The van der Waals surface area contributed by atoms with Crippen molar-refractivity contribution in [3.05, 3.63) is 35.4 Å². The van der Waals surface area contributed by atoms with E-state index in [-0.39, 0.29) is 6.61 Å². The van der Waals surface area contributed by atoms with Gasteiger partial charge in [0.1, 0.15) is 0 Å². The van der Waals surface area contributed by atoms with E-state index in [1.807, 2.05) is 31.2 Å². The first-order chi connectivity index (χ1) is 7.19. The van der Waals surface area contributed by atoms with Crippen LogP contribution >= 0.6 is 0 Å². The van der Waals surface area contributed by atoms with Crippen LogP contribution in [0.25, 0.3) is 0 Å². The van der Waals surface area contributed by atoms with Gasteiger partial charge in [0.15, 0.2) is 0 Å². The van der Waals surface area contributed by atoms with Gasteiger partial charge < -0.3 is 10.2 Å². The van der Waals surface area contributed by atoms with Crippen LogP contribution in [0.1, 0.15) is 30.4 Å². The Hall–Kier alpha value is -1.35. The molecule has 1 aromatic carbocycles. The second kappa shape index (κ2) is 5.51. The predicted molar refractivity (Wildman–Crippen MR) is 57.9 cm³/mol. The van der Waals surface area contributed by atoms with Crippen LogP contribution in [-0.4, -0.2) is 22.8 Å². The Morgan fingerprint density at radius 2 is 1.93 bits per heavy atom. The molecule has 0 amide bonds. The number of hydrogen-bond donors (Lipinski definition) is 2. The molecule has 1 aromatic rings. The number of aliphatic hydroxyl groups excluding tert-OH is 1. The summed E-state index contributed by atoms with van der Waals surface area (Å²) in [5.41, 5.74) is 1.85. The Morgan fingerprint density at radius 1 is 1.33 bits per heavy atom. The zero-order valence-electron chi connectivity index (χ0n) is 8.81. The Kier molecular flexibility index (Phi) is 4.31. The van der Waals surface area contributed by atoms with E-state index in [1.165, 1.54) is 0 Å². The predicted octanol–water partition coefficient (Wildman–Crippen LogP) is 1.80. The number of carbonyl (C=O) groups is 1. The summed E-state index contributed by atoms with van der Waals surface area (Å²) in [6.07, 6.45) is 1.21. The van der Waals surface area contributed by atoms with Crippen molar-refractivity contribution in [1.82, 2.24) is 0 Å². The van der Waals surface area contributed by atoms with Crippen molar-refractivity contribution in [2.75, 3.05) is 6.61 Å². The van der Waals surface area contributed by atoms with Gasteiger partial charge >= 0.3 is 5.97 Å². The highest BCUT2D eigenvalue weighted by molar-refractivity contribution is 5.75. The quantitative estimate of drug-likeness (QED) is 0.775. The van der Waals surface area contributed by atoms with Gasteiger partial charge in [0.25, 0.3) is 0 Å². The third kappa shape index (κ3) is 3.06. The lowest BCUT2D eigenvalue weighted by Crippen LogP contribution is -2.10. The van der Waals surface area contributed by atoms with Gasteiger partial charge in [0, 0.05) is 6.61 Å². The van der Waals surface area contributed by atoms with E-state index in [4.69, 9.17) is 10.2 Å². The number of aliphatic carboxylic acids is 1. The third-order valence-electron chi connectivity index (χ3n) is 2.49. The van der Waals surface area contributed by atoms with Crippen LogP contribution in [0.2, 0.25) is 0 Å². The van der Waals surface area contributed by atoms with Crippen molar-refractivity contribution in [1.29, 1.82) is 0 Å². The molecule has 1 atom stereocenters. The number of rotatable bonds is 5. The first kappa shape index (κ1) is 11.7. The van der Waals surface area contributed by atoms with Crippen LogP contribution < -0.4 is 0 Å². The highest BCUT2D eigenvalue weighted by Crippen LogP contribution is 2.20. The molecule has 0 spiro atoms. The van der Waals surface area contributed by atoms with E-state index in [2.05, 4.69) is 0 Å². The molecule has 0 aliphatic carbocycles. The number of carboxylic acid groups (broad SMARTS) is 1. The van der Waals surface area contributed by atoms with Crippen LogP contribution in [0.3, 0.4) is 0 Å². The fourth-order valence-electron chi connectivity index (χ4n) is 1.60. The van der Waals surface area contributed by atoms with Gasteiger partial charge in [0.2, 0.25) is 0 Å². The van der Waals surface area contributed by atoms with Crippen LogP contribution in [0.4, 0.5) is 0 Å². The highest BCUT2D eigenvalue weighted by Gasteiger charge is 2.16. The molecule has 1 rings (SSSR count). The summed E-state index contributed by atoms with van der Waals surface area (Å²) in [5.74, 6) is -1.21. The van der Waals surface area contributed by atoms with Gasteiger partial charge in [-0.15, -0.1) is 0 Å². The van der Waals surface area contributed by atoms with Gasteiger partial charge in [-0.05, 0) is 24.0 Å². The molecular weight excluding hydrogens is 192 g/mol. The maximum absolute atomic E-state index is 10.9. The molecule has 15 heavy (non-hydrogen) atoms. The number of benzene rings is 1. The molecule has 1 unspecified atom stereocenters. The van der Waals surface area contributed by atoms with Crippen molar-refractivity contribution in [3.8, 4) is 0 Å². The zero-order chi connectivity index (χ0) is 11.3. The number of aliphatic hydroxyl groups is 1. The van der Waals surface area contributed by atoms with Crippen molar-refractivity contribution in [2.24, 2.45) is 0 Å². The standard InChI is InChI=1S/C12H16O3/c1-2-11(12(14)15)10-5-3-9(4-6-10)7-8-13/h3-6,11,13H,2,7-8H2,1H3,(H,14,15). The SMILES string of the molecule is CCC(C(=O)O)c1ccc(CCO)cc1. The second-order valence-corrected chi connectivity index (χ2v) is 3.51. The number of hydrogen-bond acceptors (Lipinski definition) is 2. The molecule has 0 aliphatic heterocycles. The maximum atomic E-state index is 10.9. The molecule has 3 nitrogen and oxygen atoms in total. The van der Waals surface area contributed by atoms with E-state index in [1.54, 1.807) is 0 Å². The van der Waals surface area contributed by atoms with Gasteiger partial charge in [-0.1, -0.05) is 31.2 Å². The summed E-state index contributed by atoms with van der Waals surface area (Å²) in [5, 5.41) is 17.7. The second-order valence-electron chi connectivity index (χ2n) is 3.51. The average molecular weight is 208 g/mol. The molecule has 0 heterocycles. The van der Waals surface area contributed by atoms with Gasteiger partial charge in [0.05, 0.1) is 5.92 Å². The van der Waals surface area contributed by atoms with Crippen molar-refractivity contribution >= 4 is 5.97 Å². The van der Waals surface area contributed by atoms with Crippen molar-refractivity contribution in [2.45, 2.75) is 25.7 Å². The Labute approximate surface area is 89.4 Å². The molecule has 0 radical (unpaired) electrons. The van der Waals surface area contributed by atoms with Crippen LogP contribution in [0, 0.1) is 0 Å². The van der Waals surface area contributed by atoms with Crippen molar-refractivity contribution < 1.29 is 15.0 Å². The van der Waals surface area contributed by atoms with Crippen LogP contribution in [0.15, 0.2) is 24.3 Å². The fraction of sp³-hybridized carbons (Fsp3) is 0.417. The first-order valence-corrected chi connectivity index (χ1v) is 5.11. The smallest absolute Gasteiger partial charge is 0.310 e. The van der Waals surface area contributed by atoms with Gasteiger partial charge in [-0.25, -0.2) is 0 Å². The molecule has 0 bridgehead atoms. The Morgan fingerprint density at radius 3 is 2.33 bits per heavy atom. The normalized spacial score (nSPS) is 12.4. The van der Waals surface area contributed by atoms with E-state index < -0.39 is 11.9 Å². The first-order valence-electron chi connectivity index (χ1n) is 5.11. The molecule has 82 valence electrons. The van der Waals surface area contributed by atoms with Gasteiger partial charge in [-0.3, -0.25) is 4.79 Å². The topological polar surface area (TPSA) is 57.5 Å². The molecule has 0 aliphatic rings. The summed E-state index contributed by atoms with van der Waals surface area (Å²) in [6.45, 7) is 1.98. The van der Waals surface area contributed by atoms with E-state index in [9.17, 15) is 4.79 Å².